The molecule has 1 N–H and O–H groups in total. The van der Waals surface area contributed by atoms with Crippen molar-refractivity contribution < 1.29 is 14.3 Å². The maximum atomic E-state index is 10.7. The summed E-state index contributed by atoms with van der Waals surface area (Å²) in [5.41, 5.74) is 4.18. The molecule has 0 saturated heterocycles. The molecule has 0 heterocycles. The van der Waals surface area contributed by atoms with Gasteiger partial charge in [-0.15, -0.1) is 0 Å². The fourth-order valence-electron chi connectivity index (χ4n) is 2.70. The first kappa shape index (κ1) is 17.5. The van der Waals surface area contributed by atoms with Crippen LogP contribution in [0, 0.1) is 19.8 Å². The van der Waals surface area contributed by atoms with Crippen molar-refractivity contribution >= 4 is 22.5 Å². The summed E-state index contributed by atoms with van der Waals surface area (Å²) in [6.45, 7) is 12.9. The van der Waals surface area contributed by atoms with Gasteiger partial charge in [-0.3, -0.25) is 0 Å². The van der Waals surface area contributed by atoms with E-state index in [4.69, 9.17) is 9.53 Å². The summed E-state index contributed by atoms with van der Waals surface area (Å²) in [7, 11) is 3.10. The Hall–Kier alpha value is -1.55. The van der Waals surface area contributed by atoms with Gasteiger partial charge in [-0.05, 0) is 54.0 Å². The van der Waals surface area contributed by atoms with Crippen LogP contribution < -0.4 is 4.43 Å². The zero-order valence-corrected chi connectivity index (χ0v) is 14.6. The van der Waals surface area contributed by atoms with E-state index in [9.17, 15) is 4.79 Å². The van der Waals surface area contributed by atoms with Crippen LogP contribution in [0.15, 0.2) is 12.1 Å². The van der Waals surface area contributed by atoms with Crippen molar-refractivity contribution in [1.82, 2.24) is 0 Å². The summed E-state index contributed by atoms with van der Waals surface area (Å²) in [4.78, 5) is 10.7. The topological polar surface area (TPSA) is 46.5 Å². The van der Waals surface area contributed by atoms with E-state index < -0.39 is 5.97 Å². The number of hydrogen-bond acceptors (Lipinski definition) is 2. The number of carboxylic acid groups (broad SMARTS) is 1. The molecule has 1 rings (SSSR count). The summed E-state index contributed by atoms with van der Waals surface area (Å²) in [5.74, 6) is 0.160. The molecule has 3 nitrogen and oxygen atoms in total. The van der Waals surface area contributed by atoms with E-state index >= 15 is 0 Å². The number of carboxylic acids is 1. The molecule has 0 amide bonds. The third-order valence-electron chi connectivity index (χ3n) is 4.34. The lowest BCUT2D eigenvalue weighted by molar-refractivity contribution is -0.131. The van der Waals surface area contributed by atoms with Gasteiger partial charge in [-0.25, -0.2) is 4.79 Å². The van der Waals surface area contributed by atoms with Crippen LogP contribution in [-0.4, -0.2) is 21.6 Å². The molecule has 4 heteroatoms. The molecule has 113 valence electrons. The van der Waals surface area contributed by atoms with Crippen molar-refractivity contribution in [2.24, 2.45) is 5.92 Å². The molecule has 0 spiro atoms. The predicted molar refractivity (Wildman–Crippen MR) is 86.8 cm³/mol. The lowest BCUT2D eigenvalue weighted by atomic mass is 9.71. The Balaban J connectivity index is 3.56. The summed E-state index contributed by atoms with van der Waals surface area (Å²) >= 11 is 0. The molecule has 0 bridgehead atoms. The van der Waals surface area contributed by atoms with Crippen LogP contribution in [0.4, 0.5) is 0 Å². The average Bonchev–Trinajstić information content (AvgIpc) is 2.35. The fourth-order valence-corrected chi connectivity index (χ4v) is 2.97. The van der Waals surface area contributed by atoms with Crippen LogP contribution in [0.2, 0.25) is 0 Å². The number of hydrogen-bond donors (Lipinski definition) is 1. The molecule has 0 saturated carbocycles. The van der Waals surface area contributed by atoms with Crippen LogP contribution in [0.5, 0.6) is 5.75 Å². The van der Waals surface area contributed by atoms with Gasteiger partial charge < -0.3 is 9.53 Å². The first-order valence-electron chi connectivity index (χ1n) is 7.02. The highest BCUT2D eigenvalue weighted by molar-refractivity contribution is 6.00. The van der Waals surface area contributed by atoms with Crippen LogP contribution in [0.3, 0.4) is 0 Å². The fraction of sp³-hybridized carbons (Fsp3) is 0.471. The molecule has 1 aromatic carbocycles. The summed E-state index contributed by atoms with van der Waals surface area (Å²) in [6.07, 6.45) is 2.68. The summed E-state index contributed by atoms with van der Waals surface area (Å²) in [5, 5.41) is 8.79. The lowest BCUT2D eigenvalue weighted by Gasteiger charge is -2.34. The zero-order valence-electron chi connectivity index (χ0n) is 13.6. The SMILES string of the molecule is Cc1cc(C=CC(=O)O)c(O[Si])c(C)c1C(C)(C)C(C)C. The van der Waals surface area contributed by atoms with Crippen molar-refractivity contribution in [3.63, 3.8) is 0 Å². The predicted octanol–water partition coefficient (Wildman–Crippen LogP) is 3.80. The maximum absolute atomic E-state index is 10.7. The van der Waals surface area contributed by atoms with E-state index in [1.165, 1.54) is 5.56 Å². The van der Waals surface area contributed by atoms with E-state index in [-0.39, 0.29) is 5.41 Å². The number of aliphatic carboxylic acids is 1. The Labute approximate surface area is 130 Å². The van der Waals surface area contributed by atoms with Crippen molar-refractivity contribution in [3.8, 4) is 5.75 Å². The van der Waals surface area contributed by atoms with Gasteiger partial charge in [-0.2, -0.15) is 0 Å². The van der Waals surface area contributed by atoms with Crippen molar-refractivity contribution in [2.75, 3.05) is 0 Å². The molecule has 3 radical (unpaired) electrons. The van der Waals surface area contributed by atoms with Gasteiger partial charge in [-0.1, -0.05) is 27.7 Å². The van der Waals surface area contributed by atoms with Crippen LogP contribution in [0.1, 0.15) is 49.9 Å². The van der Waals surface area contributed by atoms with E-state index in [0.29, 0.717) is 11.7 Å². The van der Waals surface area contributed by atoms with Gasteiger partial charge in [0.15, 0.2) is 0 Å². The monoisotopic (exact) mass is 303 g/mol. The van der Waals surface area contributed by atoms with Gasteiger partial charge in [0, 0.05) is 11.6 Å². The van der Waals surface area contributed by atoms with Crippen LogP contribution in [0.25, 0.3) is 6.08 Å². The summed E-state index contributed by atoms with van der Waals surface area (Å²) in [6, 6.07) is 1.97. The molecular formula is C17H23O3Si. The van der Waals surface area contributed by atoms with Crippen LogP contribution >= 0.6 is 0 Å². The first-order valence-corrected chi connectivity index (χ1v) is 7.43. The standard InChI is InChI=1S/C17H23O3Si/c1-10(2)17(5,6)15-11(3)9-13(7-8-14(18)19)16(20-21)12(15)4/h7-10H,1-6H3,(H,18,19). The van der Waals surface area contributed by atoms with E-state index in [0.717, 1.165) is 22.8 Å². The zero-order chi connectivity index (χ0) is 16.4. The molecule has 21 heavy (non-hydrogen) atoms. The number of aryl methyl sites for hydroxylation is 1. The van der Waals surface area contributed by atoms with Crippen LogP contribution in [-0.2, 0) is 10.2 Å². The van der Waals surface area contributed by atoms with E-state index in [1.54, 1.807) is 6.08 Å². The van der Waals surface area contributed by atoms with Gasteiger partial charge >= 0.3 is 16.5 Å². The normalized spacial score (nSPS) is 12.2. The molecule has 0 fully saturated rings. The minimum absolute atomic E-state index is 0.00269. The van der Waals surface area contributed by atoms with Gasteiger partial charge in [0.2, 0.25) is 0 Å². The summed E-state index contributed by atoms with van der Waals surface area (Å²) < 4.78 is 5.34. The van der Waals surface area contributed by atoms with Gasteiger partial charge in [0.1, 0.15) is 5.75 Å². The van der Waals surface area contributed by atoms with Crippen molar-refractivity contribution in [3.05, 3.63) is 34.4 Å². The first-order chi connectivity index (χ1) is 9.62. The van der Waals surface area contributed by atoms with E-state index in [2.05, 4.69) is 45.1 Å². The number of benzene rings is 1. The highest BCUT2D eigenvalue weighted by Gasteiger charge is 2.29. The second-order valence-electron chi connectivity index (χ2n) is 6.26. The van der Waals surface area contributed by atoms with Gasteiger partial charge in [0.05, 0.1) is 0 Å². The molecule has 0 aliphatic rings. The Kier molecular flexibility index (Phi) is 5.40. The average molecular weight is 303 g/mol. The number of carbonyl (C=O) groups is 1. The highest BCUT2D eigenvalue weighted by atomic mass is 28.2. The Morgan fingerprint density at radius 2 is 1.95 bits per heavy atom. The largest absolute Gasteiger partial charge is 0.540 e. The molecular weight excluding hydrogens is 280 g/mol. The third kappa shape index (κ3) is 3.56. The molecule has 1 aromatic rings. The minimum Gasteiger partial charge on any atom is -0.540 e. The molecule has 0 unspecified atom stereocenters. The Morgan fingerprint density at radius 1 is 1.38 bits per heavy atom. The third-order valence-corrected chi connectivity index (χ3v) is 4.54. The van der Waals surface area contributed by atoms with Gasteiger partial charge in [0.25, 0.3) is 0 Å². The maximum Gasteiger partial charge on any atom is 0.341 e. The number of rotatable bonds is 5. The lowest BCUT2D eigenvalue weighted by Crippen LogP contribution is -2.27. The molecule has 0 aliphatic carbocycles. The second-order valence-corrected chi connectivity index (χ2v) is 6.47. The smallest absolute Gasteiger partial charge is 0.341 e. The second kappa shape index (κ2) is 6.48. The molecule has 0 atom stereocenters. The Bertz CT molecular complexity index is 572. The highest BCUT2D eigenvalue weighted by Crippen LogP contribution is 2.40. The Morgan fingerprint density at radius 3 is 2.38 bits per heavy atom. The minimum atomic E-state index is -0.975. The van der Waals surface area contributed by atoms with Crippen molar-refractivity contribution in [2.45, 2.75) is 47.0 Å². The van der Waals surface area contributed by atoms with Crippen molar-refractivity contribution in [1.29, 1.82) is 0 Å². The molecule has 0 aliphatic heterocycles. The van der Waals surface area contributed by atoms with E-state index in [1.807, 2.05) is 13.0 Å². The quantitative estimate of drug-likeness (QED) is 0.665. The molecule has 0 aromatic heterocycles.